The predicted molar refractivity (Wildman–Crippen MR) is 67.6 cm³/mol. The highest BCUT2D eigenvalue weighted by molar-refractivity contribution is 5.77. The molecule has 4 nitrogen and oxygen atoms in total. The van der Waals surface area contributed by atoms with Crippen LogP contribution >= 0.6 is 0 Å². The maximum absolute atomic E-state index is 12.0. The monoisotopic (exact) mass is 268 g/mol. The van der Waals surface area contributed by atoms with Gasteiger partial charge in [-0.15, -0.1) is 0 Å². The predicted octanol–water partition coefficient (Wildman–Crippen LogP) is 1.53. The maximum atomic E-state index is 12.0. The SMILES string of the molecule is CCN(CC)C(N)=NCCCN(C)CC(F)(F)F. The van der Waals surface area contributed by atoms with Crippen molar-refractivity contribution in [3.05, 3.63) is 0 Å². The molecule has 0 aromatic carbocycles. The van der Waals surface area contributed by atoms with Crippen LogP contribution in [-0.4, -0.2) is 61.7 Å². The van der Waals surface area contributed by atoms with E-state index in [-0.39, 0.29) is 0 Å². The summed E-state index contributed by atoms with van der Waals surface area (Å²) in [4.78, 5) is 7.29. The first-order valence-corrected chi connectivity index (χ1v) is 6.10. The summed E-state index contributed by atoms with van der Waals surface area (Å²) in [6.07, 6.45) is -3.58. The van der Waals surface area contributed by atoms with Crippen molar-refractivity contribution in [1.82, 2.24) is 9.80 Å². The summed E-state index contributed by atoms with van der Waals surface area (Å²) in [5, 5.41) is 0. The Labute approximate surface area is 107 Å². The minimum atomic E-state index is -4.14. The Kier molecular flexibility index (Phi) is 7.73. The molecule has 18 heavy (non-hydrogen) atoms. The molecule has 0 aliphatic heterocycles. The van der Waals surface area contributed by atoms with E-state index in [0.717, 1.165) is 13.1 Å². The van der Waals surface area contributed by atoms with Gasteiger partial charge in [-0.25, -0.2) is 0 Å². The number of hydrogen-bond donors (Lipinski definition) is 1. The van der Waals surface area contributed by atoms with Crippen LogP contribution in [0.4, 0.5) is 13.2 Å². The minimum absolute atomic E-state index is 0.356. The number of alkyl halides is 3. The lowest BCUT2D eigenvalue weighted by atomic mass is 10.4. The van der Waals surface area contributed by atoms with Crippen LogP contribution in [0.25, 0.3) is 0 Å². The molecule has 2 N–H and O–H groups in total. The summed E-state index contributed by atoms with van der Waals surface area (Å²) in [5.41, 5.74) is 5.74. The summed E-state index contributed by atoms with van der Waals surface area (Å²) in [6, 6.07) is 0. The summed E-state index contributed by atoms with van der Waals surface area (Å²) in [5.74, 6) is 0.457. The quantitative estimate of drug-likeness (QED) is 0.432. The third kappa shape index (κ3) is 8.16. The van der Waals surface area contributed by atoms with Crippen molar-refractivity contribution in [1.29, 1.82) is 0 Å². The van der Waals surface area contributed by atoms with Crippen molar-refractivity contribution in [2.24, 2.45) is 10.7 Å². The summed E-state index contributed by atoms with van der Waals surface area (Å²) in [7, 11) is 1.45. The van der Waals surface area contributed by atoms with Crippen molar-refractivity contribution in [3.8, 4) is 0 Å². The molecule has 0 aliphatic carbocycles. The smallest absolute Gasteiger partial charge is 0.370 e. The van der Waals surface area contributed by atoms with Gasteiger partial charge in [-0.2, -0.15) is 13.2 Å². The molecule has 0 aromatic rings. The highest BCUT2D eigenvalue weighted by Crippen LogP contribution is 2.15. The summed E-state index contributed by atoms with van der Waals surface area (Å²) >= 11 is 0. The first kappa shape index (κ1) is 17.0. The highest BCUT2D eigenvalue weighted by Gasteiger charge is 2.28. The van der Waals surface area contributed by atoms with Crippen molar-refractivity contribution < 1.29 is 13.2 Å². The fourth-order valence-corrected chi connectivity index (χ4v) is 1.57. The van der Waals surface area contributed by atoms with Gasteiger partial charge in [0.1, 0.15) is 0 Å². The molecule has 0 atom stereocenters. The topological polar surface area (TPSA) is 44.9 Å². The van der Waals surface area contributed by atoms with E-state index in [2.05, 4.69) is 4.99 Å². The second kappa shape index (κ2) is 8.18. The lowest BCUT2D eigenvalue weighted by molar-refractivity contribution is -0.143. The largest absolute Gasteiger partial charge is 0.401 e. The van der Waals surface area contributed by atoms with Crippen LogP contribution in [0.2, 0.25) is 0 Å². The Bertz CT molecular complexity index is 249. The zero-order chi connectivity index (χ0) is 14.2. The fourth-order valence-electron chi connectivity index (χ4n) is 1.57. The van der Waals surface area contributed by atoms with Crippen molar-refractivity contribution >= 4 is 5.96 Å². The van der Waals surface area contributed by atoms with Gasteiger partial charge in [0.05, 0.1) is 6.54 Å². The van der Waals surface area contributed by atoms with Crippen LogP contribution < -0.4 is 5.73 Å². The van der Waals surface area contributed by atoms with Crippen molar-refractivity contribution in [2.75, 3.05) is 39.8 Å². The molecule has 0 aromatic heterocycles. The number of guanidine groups is 1. The van der Waals surface area contributed by atoms with Gasteiger partial charge in [-0.1, -0.05) is 0 Å². The first-order valence-electron chi connectivity index (χ1n) is 6.10. The van der Waals surface area contributed by atoms with Crippen LogP contribution in [0, 0.1) is 0 Å². The molecule has 7 heteroatoms. The van der Waals surface area contributed by atoms with Crippen LogP contribution in [0.5, 0.6) is 0 Å². The Hall–Kier alpha value is -0.980. The van der Waals surface area contributed by atoms with Crippen LogP contribution in [0.3, 0.4) is 0 Å². The molecule has 0 unspecified atom stereocenters. The maximum Gasteiger partial charge on any atom is 0.401 e. The second-order valence-electron chi connectivity index (χ2n) is 4.12. The molecule has 0 spiro atoms. The van der Waals surface area contributed by atoms with E-state index in [4.69, 9.17) is 5.73 Å². The van der Waals surface area contributed by atoms with E-state index in [1.54, 1.807) is 0 Å². The number of halogens is 3. The number of hydrogen-bond acceptors (Lipinski definition) is 2. The standard InChI is InChI=1S/C11H23F3N4/c1-4-18(5-2)10(15)16-7-6-8-17(3)9-11(12,13)14/h4-9H2,1-3H3,(H2,15,16). The third-order valence-corrected chi connectivity index (χ3v) is 2.51. The first-order chi connectivity index (χ1) is 8.30. The number of nitrogens with two attached hydrogens (primary N) is 1. The van der Waals surface area contributed by atoms with Gasteiger partial charge < -0.3 is 10.6 Å². The van der Waals surface area contributed by atoms with E-state index in [9.17, 15) is 13.2 Å². The summed E-state index contributed by atoms with van der Waals surface area (Å²) < 4.78 is 36.1. The fraction of sp³-hybridized carbons (Fsp3) is 0.909. The summed E-state index contributed by atoms with van der Waals surface area (Å²) in [6.45, 7) is 5.42. The Morgan fingerprint density at radius 3 is 2.22 bits per heavy atom. The van der Waals surface area contributed by atoms with Gasteiger partial charge in [-0.3, -0.25) is 9.89 Å². The average molecular weight is 268 g/mol. The molecule has 0 fully saturated rings. The van der Waals surface area contributed by atoms with Gasteiger partial charge >= 0.3 is 6.18 Å². The van der Waals surface area contributed by atoms with E-state index in [1.807, 2.05) is 18.7 Å². The zero-order valence-corrected chi connectivity index (χ0v) is 11.3. The van der Waals surface area contributed by atoms with Crippen molar-refractivity contribution in [2.45, 2.75) is 26.4 Å². The van der Waals surface area contributed by atoms with Gasteiger partial charge in [0, 0.05) is 19.6 Å². The third-order valence-electron chi connectivity index (χ3n) is 2.51. The van der Waals surface area contributed by atoms with Crippen LogP contribution in [0.15, 0.2) is 4.99 Å². The second-order valence-corrected chi connectivity index (χ2v) is 4.12. The molecule has 0 saturated carbocycles. The molecule has 0 heterocycles. The molecule has 0 radical (unpaired) electrons. The molecule has 0 saturated heterocycles. The van der Waals surface area contributed by atoms with Crippen LogP contribution in [-0.2, 0) is 0 Å². The van der Waals surface area contributed by atoms with Crippen LogP contribution in [0.1, 0.15) is 20.3 Å². The molecule has 0 rings (SSSR count). The normalized spacial score (nSPS) is 13.2. The zero-order valence-electron chi connectivity index (χ0n) is 11.3. The molecular formula is C11H23F3N4. The Morgan fingerprint density at radius 2 is 1.78 bits per heavy atom. The number of nitrogens with zero attached hydrogens (tertiary/aromatic N) is 3. The molecule has 108 valence electrons. The molecule has 0 aliphatic rings. The lowest BCUT2D eigenvalue weighted by Crippen LogP contribution is -2.37. The van der Waals surface area contributed by atoms with Gasteiger partial charge in [0.15, 0.2) is 5.96 Å². The molecular weight excluding hydrogens is 245 g/mol. The van der Waals surface area contributed by atoms with Gasteiger partial charge in [0.25, 0.3) is 0 Å². The number of rotatable bonds is 7. The van der Waals surface area contributed by atoms with E-state index < -0.39 is 12.7 Å². The molecule has 0 bridgehead atoms. The number of aliphatic imine (C=N–C) groups is 1. The van der Waals surface area contributed by atoms with E-state index >= 15 is 0 Å². The van der Waals surface area contributed by atoms with E-state index in [1.165, 1.54) is 11.9 Å². The van der Waals surface area contributed by atoms with Gasteiger partial charge in [-0.05, 0) is 33.9 Å². The Morgan fingerprint density at radius 1 is 1.22 bits per heavy atom. The highest BCUT2D eigenvalue weighted by atomic mass is 19.4. The minimum Gasteiger partial charge on any atom is -0.370 e. The molecule has 0 amide bonds. The Balaban J connectivity index is 3.88. The van der Waals surface area contributed by atoms with Crippen molar-refractivity contribution in [3.63, 3.8) is 0 Å². The van der Waals surface area contributed by atoms with E-state index in [0.29, 0.717) is 25.5 Å². The van der Waals surface area contributed by atoms with Gasteiger partial charge in [0.2, 0.25) is 0 Å². The average Bonchev–Trinajstić information content (AvgIpc) is 2.23. The lowest BCUT2D eigenvalue weighted by Gasteiger charge is -2.20.